The number of rotatable bonds is 4. The molecule has 2 heterocycles. The molecule has 1 atom stereocenters. The second-order valence-electron chi connectivity index (χ2n) is 8.44. The molecule has 0 aromatic heterocycles. The van der Waals surface area contributed by atoms with E-state index in [1.165, 1.54) is 26.5 Å². The van der Waals surface area contributed by atoms with E-state index in [1.54, 1.807) is 28.8 Å². The van der Waals surface area contributed by atoms with E-state index in [9.17, 15) is 9.50 Å². The third kappa shape index (κ3) is 4.13. The van der Waals surface area contributed by atoms with Gasteiger partial charge in [0.15, 0.2) is 0 Å². The quantitative estimate of drug-likeness (QED) is 0.723. The van der Waals surface area contributed by atoms with Crippen molar-refractivity contribution in [2.45, 2.75) is 42.0 Å². The maximum absolute atomic E-state index is 13.9. The minimum absolute atomic E-state index is 0.154. The third-order valence-electron chi connectivity index (χ3n) is 6.31. The topological polar surface area (TPSA) is 29.1 Å². The number of halogens is 1. The standard InChI is InChI=1S/C23H29FN2OS/c1-16(2)17-4-6-22-20(13-17)21(26-9-7-25(8-10-26)11-12-27)14-18-3-5-19(24)15-23(18)28-22/h3-6,13,15-16,21,27H,7-12,14H2,1-2H3/p+2/t21-/m0/s1. The monoisotopic (exact) mass is 402 g/mol. The molecule has 0 bridgehead atoms. The highest BCUT2D eigenvalue weighted by Gasteiger charge is 2.34. The van der Waals surface area contributed by atoms with Gasteiger partial charge in [-0.1, -0.05) is 37.7 Å². The fourth-order valence-electron chi connectivity index (χ4n) is 4.58. The van der Waals surface area contributed by atoms with Gasteiger partial charge in [0.2, 0.25) is 0 Å². The number of aliphatic hydroxyl groups is 1. The summed E-state index contributed by atoms with van der Waals surface area (Å²) in [5, 5.41) is 9.25. The van der Waals surface area contributed by atoms with Crippen LogP contribution < -0.4 is 9.80 Å². The van der Waals surface area contributed by atoms with Gasteiger partial charge in [-0.2, -0.15) is 0 Å². The van der Waals surface area contributed by atoms with Crippen LogP contribution in [0.4, 0.5) is 4.39 Å². The van der Waals surface area contributed by atoms with Crippen molar-refractivity contribution in [2.75, 3.05) is 39.3 Å². The first-order chi connectivity index (χ1) is 13.5. The summed E-state index contributed by atoms with van der Waals surface area (Å²) in [6, 6.07) is 12.6. The molecule has 2 aliphatic rings. The average molecular weight is 403 g/mol. The second kappa shape index (κ2) is 8.54. The Morgan fingerprint density at radius 3 is 2.57 bits per heavy atom. The second-order valence-corrected chi connectivity index (χ2v) is 9.53. The lowest BCUT2D eigenvalue weighted by atomic mass is 9.93. The van der Waals surface area contributed by atoms with Crippen LogP contribution in [0.3, 0.4) is 0 Å². The lowest BCUT2D eigenvalue weighted by molar-refractivity contribution is -1.03. The Kier molecular flexibility index (Phi) is 6.07. The Labute approximate surface area is 171 Å². The van der Waals surface area contributed by atoms with Gasteiger partial charge in [-0.25, -0.2) is 4.39 Å². The maximum atomic E-state index is 13.9. The van der Waals surface area contributed by atoms with E-state index in [1.807, 2.05) is 6.07 Å². The average Bonchev–Trinajstić information content (AvgIpc) is 2.84. The zero-order valence-corrected chi connectivity index (χ0v) is 17.6. The molecule has 2 aromatic carbocycles. The molecule has 0 spiro atoms. The molecule has 28 heavy (non-hydrogen) atoms. The molecule has 0 radical (unpaired) electrons. The van der Waals surface area contributed by atoms with Crippen molar-refractivity contribution < 1.29 is 19.3 Å². The lowest BCUT2D eigenvalue weighted by Crippen LogP contribution is -3.28. The van der Waals surface area contributed by atoms with Crippen LogP contribution >= 0.6 is 11.8 Å². The van der Waals surface area contributed by atoms with Gasteiger partial charge in [0.05, 0.1) is 6.61 Å². The Morgan fingerprint density at radius 2 is 1.86 bits per heavy atom. The van der Waals surface area contributed by atoms with E-state index >= 15 is 0 Å². The van der Waals surface area contributed by atoms with Crippen molar-refractivity contribution in [1.82, 2.24) is 0 Å². The number of aliphatic hydroxyl groups excluding tert-OH is 1. The molecule has 5 heteroatoms. The molecule has 2 aliphatic heterocycles. The molecule has 0 aliphatic carbocycles. The van der Waals surface area contributed by atoms with E-state index in [2.05, 4.69) is 32.0 Å². The van der Waals surface area contributed by atoms with Gasteiger partial charge in [-0.15, -0.1) is 0 Å². The van der Waals surface area contributed by atoms with E-state index in [0.717, 1.165) is 44.0 Å². The fraction of sp³-hybridized carbons (Fsp3) is 0.478. The summed E-state index contributed by atoms with van der Waals surface area (Å²) in [7, 11) is 0. The first kappa shape index (κ1) is 19.9. The van der Waals surface area contributed by atoms with Crippen LogP contribution in [0, 0.1) is 5.82 Å². The highest BCUT2D eigenvalue weighted by atomic mass is 32.2. The summed E-state index contributed by atoms with van der Waals surface area (Å²) >= 11 is 1.72. The van der Waals surface area contributed by atoms with Crippen molar-refractivity contribution in [1.29, 1.82) is 0 Å². The molecule has 1 fully saturated rings. The van der Waals surface area contributed by atoms with E-state index in [-0.39, 0.29) is 12.4 Å². The van der Waals surface area contributed by atoms with E-state index in [4.69, 9.17) is 0 Å². The van der Waals surface area contributed by atoms with Gasteiger partial charge in [0.25, 0.3) is 0 Å². The zero-order chi connectivity index (χ0) is 19.7. The number of benzene rings is 2. The summed E-state index contributed by atoms with van der Waals surface area (Å²) in [4.78, 5) is 5.47. The Balaban J connectivity index is 1.70. The molecule has 3 N–H and O–H groups in total. The Bertz CT molecular complexity index is 833. The van der Waals surface area contributed by atoms with Crippen LogP contribution in [0.2, 0.25) is 0 Å². The highest BCUT2D eigenvalue weighted by molar-refractivity contribution is 7.99. The van der Waals surface area contributed by atoms with Crippen LogP contribution in [-0.2, 0) is 6.42 Å². The van der Waals surface area contributed by atoms with Gasteiger partial charge >= 0.3 is 0 Å². The number of hydrogen-bond donors (Lipinski definition) is 3. The highest BCUT2D eigenvalue weighted by Crippen LogP contribution is 2.41. The molecule has 150 valence electrons. The third-order valence-corrected chi connectivity index (χ3v) is 7.50. The summed E-state index contributed by atoms with van der Waals surface area (Å²) in [5.74, 6) is 0.346. The zero-order valence-electron chi connectivity index (χ0n) is 16.8. The Hall–Kier alpha value is -1.40. The summed E-state index contributed by atoms with van der Waals surface area (Å²) in [5.41, 5.74) is 4.06. The smallest absolute Gasteiger partial charge is 0.128 e. The SMILES string of the molecule is CC(C)c1ccc2c(c1)[C@@H]([NH+]1CC[NH+](CCO)CC1)Cc1ccc(F)cc1S2. The number of quaternary nitrogens is 2. The summed E-state index contributed by atoms with van der Waals surface area (Å²) in [6.07, 6.45) is 0.960. The normalized spacial score (nSPS) is 24.5. The fourth-order valence-corrected chi connectivity index (χ4v) is 5.72. The van der Waals surface area contributed by atoms with Gasteiger partial charge in [0.1, 0.15) is 44.6 Å². The van der Waals surface area contributed by atoms with Gasteiger partial charge < -0.3 is 14.9 Å². The van der Waals surface area contributed by atoms with Gasteiger partial charge in [0, 0.05) is 21.8 Å². The molecular formula is C23H31FN2OS+2. The van der Waals surface area contributed by atoms with Crippen LogP contribution in [0.25, 0.3) is 0 Å². The summed E-state index contributed by atoms with van der Waals surface area (Å²) in [6.45, 7) is 10.1. The maximum Gasteiger partial charge on any atom is 0.128 e. The minimum Gasteiger partial charge on any atom is -0.391 e. The first-order valence-corrected chi connectivity index (χ1v) is 11.3. The van der Waals surface area contributed by atoms with Crippen LogP contribution in [0.1, 0.15) is 42.5 Å². The predicted molar refractivity (Wildman–Crippen MR) is 111 cm³/mol. The number of piperazine rings is 1. The molecule has 0 amide bonds. The largest absolute Gasteiger partial charge is 0.391 e. The van der Waals surface area contributed by atoms with Gasteiger partial charge in [-0.3, -0.25) is 0 Å². The van der Waals surface area contributed by atoms with Crippen molar-refractivity contribution in [3.05, 3.63) is 58.9 Å². The van der Waals surface area contributed by atoms with Crippen molar-refractivity contribution in [3.63, 3.8) is 0 Å². The number of hydrogen-bond acceptors (Lipinski definition) is 2. The van der Waals surface area contributed by atoms with Crippen LogP contribution in [0.5, 0.6) is 0 Å². The molecule has 2 aromatic rings. The Morgan fingerprint density at radius 1 is 1.07 bits per heavy atom. The summed E-state index contributed by atoms with van der Waals surface area (Å²) < 4.78 is 13.9. The van der Waals surface area contributed by atoms with Crippen LogP contribution in [-0.4, -0.2) is 44.4 Å². The van der Waals surface area contributed by atoms with Crippen molar-refractivity contribution >= 4 is 11.8 Å². The minimum atomic E-state index is -0.154. The number of nitrogens with one attached hydrogen (secondary N) is 2. The first-order valence-electron chi connectivity index (χ1n) is 10.4. The molecule has 4 rings (SSSR count). The molecule has 0 unspecified atom stereocenters. The van der Waals surface area contributed by atoms with Crippen molar-refractivity contribution in [3.8, 4) is 0 Å². The van der Waals surface area contributed by atoms with E-state index < -0.39 is 0 Å². The molecule has 1 saturated heterocycles. The van der Waals surface area contributed by atoms with Crippen LogP contribution in [0.15, 0.2) is 46.2 Å². The molecule has 0 saturated carbocycles. The lowest BCUT2D eigenvalue weighted by Gasteiger charge is -2.35. The van der Waals surface area contributed by atoms with E-state index in [0.29, 0.717) is 12.0 Å². The number of fused-ring (bicyclic) bond motifs is 2. The molecule has 3 nitrogen and oxygen atoms in total. The molecular weight excluding hydrogens is 371 g/mol. The van der Waals surface area contributed by atoms with Gasteiger partial charge in [-0.05, 0) is 41.3 Å². The predicted octanol–water partition coefficient (Wildman–Crippen LogP) is 1.47. The van der Waals surface area contributed by atoms with Crippen molar-refractivity contribution in [2.24, 2.45) is 0 Å².